The van der Waals surface area contributed by atoms with Gasteiger partial charge in [0.2, 0.25) is 5.95 Å². The standard InChI is InChI=1S/C21H21Cl2N7/c1-29(2)12-11-25-21-26-18(13-7-9-14(22)10-8-13)17-19(24)30(28-20(17)27-21)16-6-4-3-5-15(16)23/h3-10H,11-12,24H2,1-2H3,(H,25,27,28). The third-order valence-electron chi connectivity index (χ3n) is 4.61. The first-order valence-corrected chi connectivity index (χ1v) is 10.2. The smallest absolute Gasteiger partial charge is 0.225 e. The molecule has 4 rings (SSSR count). The van der Waals surface area contributed by atoms with E-state index in [1.165, 1.54) is 0 Å². The van der Waals surface area contributed by atoms with Crippen LogP contribution in [0.4, 0.5) is 11.8 Å². The molecule has 0 spiro atoms. The van der Waals surface area contributed by atoms with Gasteiger partial charge in [0.05, 0.1) is 21.8 Å². The number of rotatable bonds is 6. The second kappa shape index (κ2) is 8.47. The summed E-state index contributed by atoms with van der Waals surface area (Å²) in [6.45, 7) is 1.53. The van der Waals surface area contributed by atoms with Gasteiger partial charge >= 0.3 is 0 Å². The Morgan fingerprint density at radius 2 is 1.77 bits per heavy atom. The van der Waals surface area contributed by atoms with Crippen LogP contribution in [0.2, 0.25) is 10.0 Å². The summed E-state index contributed by atoms with van der Waals surface area (Å²) >= 11 is 12.5. The number of fused-ring (bicyclic) bond motifs is 1. The number of nitrogens with two attached hydrogens (primary N) is 1. The molecule has 2 aromatic heterocycles. The minimum atomic E-state index is 0.419. The average molecular weight is 442 g/mol. The Morgan fingerprint density at radius 1 is 1.03 bits per heavy atom. The highest BCUT2D eigenvalue weighted by molar-refractivity contribution is 6.32. The van der Waals surface area contributed by atoms with E-state index in [0.29, 0.717) is 50.8 Å². The number of nitrogen functional groups attached to an aromatic ring is 1. The third-order valence-corrected chi connectivity index (χ3v) is 5.18. The summed E-state index contributed by atoms with van der Waals surface area (Å²) in [6, 6.07) is 14.8. The molecule has 0 aliphatic rings. The second-order valence-corrected chi connectivity index (χ2v) is 7.92. The Hall–Kier alpha value is -2.87. The van der Waals surface area contributed by atoms with Crippen LogP contribution in [-0.4, -0.2) is 51.8 Å². The number of nitrogens with zero attached hydrogens (tertiary/aromatic N) is 5. The van der Waals surface area contributed by atoms with Crippen molar-refractivity contribution in [3.8, 4) is 16.9 Å². The van der Waals surface area contributed by atoms with Gasteiger partial charge in [-0.3, -0.25) is 0 Å². The highest BCUT2D eigenvalue weighted by atomic mass is 35.5. The van der Waals surface area contributed by atoms with Gasteiger partial charge in [-0.1, -0.05) is 47.5 Å². The lowest BCUT2D eigenvalue weighted by molar-refractivity contribution is 0.425. The quantitative estimate of drug-likeness (QED) is 0.462. The molecule has 2 heterocycles. The van der Waals surface area contributed by atoms with Gasteiger partial charge in [-0.2, -0.15) is 4.98 Å². The minimum absolute atomic E-state index is 0.419. The fraction of sp³-hybridized carbons (Fsp3) is 0.190. The van der Waals surface area contributed by atoms with Crippen molar-refractivity contribution < 1.29 is 0 Å². The molecule has 0 saturated heterocycles. The van der Waals surface area contributed by atoms with Gasteiger partial charge in [-0.05, 0) is 38.4 Å². The number of nitrogens with one attached hydrogen (secondary N) is 1. The van der Waals surface area contributed by atoms with Crippen LogP contribution in [-0.2, 0) is 0 Å². The molecule has 0 aliphatic carbocycles. The molecule has 0 bridgehead atoms. The summed E-state index contributed by atoms with van der Waals surface area (Å²) in [5.41, 5.74) is 9.22. The van der Waals surface area contributed by atoms with Crippen LogP contribution in [0.5, 0.6) is 0 Å². The van der Waals surface area contributed by atoms with E-state index in [4.69, 9.17) is 33.9 Å². The highest BCUT2D eigenvalue weighted by Gasteiger charge is 2.20. The highest BCUT2D eigenvalue weighted by Crippen LogP contribution is 2.34. The predicted octanol–water partition coefficient (Wildman–Crippen LogP) is 4.35. The Labute approximate surface area is 184 Å². The molecule has 4 aromatic rings. The van der Waals surface area contributed by atoms with Gasteiger partial charge in [0.15, 0.2) is 5.65 Å². The van der Waals surface area contributed by atoms with E-state index in [1.807, 2.05) is 56.6 Å². The van der Waals surface area contributed by atoms with Crippen LogP contribution < -0.4 is 11.1 Å². The van der Waals surface area contributed by atoms with Gasteiger partial charge in [0, 0.05) is 23.7 Å². The number of likely N-dealkylation sites (N-methyl/N-ethyl adjacent to an activating group) is 1. The maximum absolute atomic E-state index is 6.51. The van der Waals surface area contributed by atoms with Gasteiger partial charge in [-0.25, -0.2) is 9.67 Å². The van der Waals surface area contributed by atoms with Crippen molar-refractivity contribution in [1.29, 1.82) is 0 Å². The van der Waals surface area contributed by atoms with Crippen LogP contribution in [0.15, 0.2) is 48.5 Å². The normalized spacial score (nSPS) is 11.4. The van der Waals surface area contributed by atoms with Gasteiger partial charge in [0.25, 0.3) is 0 Å². The van der Waals surface area contributed by atoms with E-state index >= 15 is 0 Å². The van der Waals surface area contributed by atoms with Crippen LogP contribution in [0.3, 0.4) is 0 Å². The zero-order valence-electron chi connectivity index (χ0n) is 16.6. The Kier molecular flexibility index (Phi) is 5.76. The number of aromatic nitrogens is 4. The molecule has 0 radical (unpaired) electrons. The molecule has 9 heteroatoms. The largest absolute Gasteiger partial charge is 0.383 e. The molecule has 0 fully saturated rings. The van der Waals surface area contributed by atoms with Crippen molar-refractivity contribution in [1.82, 2.24) is 24.6 Å². The third kappa shape index (κ3) is 4.05. The first kappa shape index (κ1) is 20.4. The molecule has 154 valence electrons. The van der Waals surface area contributed by atoms with E-state index in [2.05, 4.69) is 20.3 Å². The number of para-hydroxylation sites is 1. The lowest BCUT2D eigenvalue weighted by atomic mass is 10.1. The number of benzene rings is 2. The lowest BCUT2D eigenvalue weighted by Gasteiger charge is -2.11. The summed E-state index contributed by atoms with van der Waals surface area (Å²) in [4.78, 5) is 11.4. The van der Waals surface area contributed by atoms with Gasteiger partial charge < -0.3 is 16.0 Å². The van der Waals surface area contributed by atoms with Crippen molar-refractivity contribution in [2.45, 2.75) is 0 Å². The lowest BCUT2D eigenvalue weighted by Crippen LogP contribution is -2.21. The van der Waals surface area contributed by atoms with Crippen LogP contribution in [0.25, 0.3) is 28.0 Å². The fourth-order valence-corrected chi connectivity index (χ4v) is 3.45. The fourth-order valence-electron chi connectivity index (χ4n) is 3.11. The molecule has 2 aromatic carbocycles. The van der Waals surface area contributed by atoms with Crippen LogP contribution in [0.1, 0.15) is 0 Å². The summed E-state index contributed by atoms with van der Waals surface area (Å²) in [5, 5.41) is 9.75. The molecule has 0 aliphatic heterocycles. The number of anilines is 2. The topological polar surface area (TPSA) is 84.9 Å². The maximum atomic E-state index is 6.51. The molecule has 0 amide bonds. The minimum Gasteiger partial charge on any atom is -0.383 e. The average Bonchev–Trinajstić information content (AvgIpc) is 3.04. The molecule has 7 nitrogen and oxygen atoms in total. The summed E-state index contributed by atoms with van der Waals surface area (Å²) < 4.78 is 1.60. The first-order valence-electron chi connectivity index (χ1n) is 9.39. The van der Waals surface area contributed by atoms with Crippen molar-refractivity contribution >= 4 is 46.0 Å². The number of hydrogen-bond donors (Lipinski definition) is 2. The van der Waals surface area contributed by atoms with E-state index in [9.17, 15) is 0 Å². The molecule has 0 atom stereocenters. The van der Waals surface area contributed by atoms with Gasteiger partial charge in [0.1, 0.15) is 5.82 Å². The summed E-state index contributed by atoms with van der Waals surface area (Å²) in [5.74, 6) is 0.904. The zero-order valence-corrected chi connectivity index (χ0v) is 18.1. The summed E-state index contributed by atoms with van der Waals surface area (Å²) in [6.07, 6.45) is 0. The second-order valence-electron chi connectivity index (χ2n) is 7.08. The monoisotopic (exact) mass is 441 g/mol. The Balaban J connectivity index is 1.89. The molecular weight excluding hydrogens is 421 g/mol. The van der Waals surface area contributed by atoms with E-state index < -0.39 is 0 Å². The summed E-state index contributed by atoms with van der Waals surface area (Å²) in [7, 11) is 4.02. The number of halogens is 2. The van der Waals surface area contributed by atoms with Crippen molar-refractivity contribution in [2.75, 3.05) is 38.2 Å². The van der Waals surface area contributed by atoms with E-state index in [0.717, 1.165) is 12.1 Å². The maximum Gasteiger partial charge on any atom is 0.225 e. The molecule has 0 saturated carbocycles. The van der Waals surface area contributed by atoms with Crippen LogP contribution >= 0.6 is 23.2 Å². The SMILES string of the molecule is CN(C)CCNc1nc(-c2ccc(Cl)cc2)c2c(N)n(-c3ccccc3Cl)nc2n1. The first-order chi connectivity index (χ1) is 14.4. The molecule has 0 unspecified atom stereocenters. The zero-order chi connectivity index (χ0) is 21.3. The molecule has 3 N–H and O–H groups in total. The van der Waals surface area contributed by atoms with Crippen molar-refractivity contribution in [3.63, 3.8) is 0 Å². The number of hydrogen-bond acceptors (Lipinski definition) is 6. The van der Waals surface area contributed by atoms with Crippen molar-refractivity contribution in [2.24, 2.45) is 0 Å². The van der Waals surface area contributed by atoms with Gasteiger partial charge in [-0.15, -0.1) is 5.10 Å². The Morgan fingerprint density at radius 3 is 2.47 bits per heavy atom. The molecular formula is C21H21Cl2N7. The molecule has 30 heavy (non-hydrogen) atoms. The van der Waals surface area contributed by atoms with E-state index in [-0.39, 0.29) is 0 Å². The van der Waals surface area contributed by atoms with Crippen LogP contribution in [0, 0.1) is 0 Å². The van der Waals surface area contributed by atoms with Crippen molar-refractivity contribution in [3.05, 3.63) is 58.6 Å². The Bertz CT molecular complexity index is 1190. The predicted molar refractivity (Wildman–Crippen MR) is 124 cm³/mol. The van der Waals surface area contributed by atoms with E-state index in [1.54, 1.807) is 10.7 Å².